The van der Waals surface area contributed by atoms with Gasteiger partial charge in [0.25, 0.3) is 0 Å². The Balaban J connectivity index is 1.63. The van der Waals surface area contributed by atoms with Crippen LogP contribution < -0.4 is 5.73 Å². The van der Waals surface area contributed by atoms with Crippen molar-refractivity contribution in [3.05, 3.63) is 58.4 Å². The summed E-state index contributed by atoms with van der Waals surface area (Å²) >= 11 is 1.51. The van der Waals surface area contributed by atoms with Gasteiger partial charge < -0.3 is 5.73 Å². The van der Waals surface area contributed by atoms with Gasteiger partial charge in [0.2, 0.25) is 0 Å². The first kappa shape index (κ1) is 16.9. The molecule has 2 heterocycles. The molecule has 0 atom stereocenters. The lowest BCUT2D eigenvalue weighted by atomic mass is 9.87. The van der Waals surface area contributed by atoms with E-state index in [1.54, 1.807) is 0 Å². The van der Waals surface area contributed by atoms with Crippen molar-refractivity contribution in [3.8, 4) is 16.5 Å². The molecule has 0 aliphatic heterocycles. The number of benzene rings is 1. The second-order valence-electron chi connectivity index (χ2n) is 7.89. The number of nitrogen functional groups attached to an aromatic ring is 1. The number of thiophene rings is 1. The zero-order valence-corrected chi connectivity index (χ0v) is 16.2. The van der Waals surface area contributed by atoms with Crippen LogP contribution in [-0.2, 0) is 24.8 Å². The summed E-state index contributed by atoms with van der Waals surface area (Å²) in [5, 5.41) is 14.7. The molecule has 2 aromatic heterocycles. The molecule has 0 amide bonds. The highest BCUT2D eigenvalue weighted by molar-refractivity contribution is 7.19. The van der Waals surface area contributed by atoms with E-state index in [2.05, 4.69) is 57.3 Å². The van der Waals surface area contributed by atoms with Gasteiger partial charge in [-0.1, -0.05) is 45.0 Å². The lowest BCUT2D eigenvalue weighted by Crippen LogP contribution is -2.11. The van der Waals surface area contributed by atoms with Gasteiger partial charge in [-0.3, -0.25) is 4.68 Å². The third kappa shape index (κ3) is 2.81. The normalized spacial score (nSPS) is 13.2. The third-order valence-electron chi connectivity index (χ3n) is 5.01. The van der Waals surface area contributed by atoms with Crippen LogP contribution in [0.2, 0.25) is 0 Å². The van der Waals surface area contributed by atoms with E-state index in [9.17, 15) is 5.26 Å². The van der Waals surface area contributed by atoms with Crippen LogP contribution >= 0.6 is 11.3 Å². The summed E-state index contributed by atoms with van der Waals surface area (Å²) in [5.41, 5.74) is 12.8. The predicted molar refractivity (Wildman–Crippen MR) is 106 cm³/mol. The molecule has 132 valence electrons. The Bertz CT molecular complexity index is 1010. The van der Waals surface area contributed by atoms with E-state index >= 15 is 0 Å². The van der Waals surface area contributed by atoms with E-state index in [-0.39, 0.29) is 5.41 Å². The average Bonchev–Trinajstić information content (AvgIpc) is 3.13. The van der Waals surface area contributed by atoms with Gasteiger partial charge in [-0.05, 0) is 34.9 Å². The largest absolute Gasteiger partial charge is 0.389 e. The topological polar surface area (TPSA) is 67.6 Å². The number of anilines is 1. The molecule has 1 aromatic carbocycles. The van der Waals surface area contributed by atoms with Gasteiger partial charge in [-0.25, -0.2) is 0 Å². The Hall–Kier alpha value is -2.58. The molecule has 26 heavy (non-hydrogen) atoms. The first-order valence-electron chi connectivity index (χ1n) is 8.84. The van der Waals surface area contributed by atoms with Gasteiger partial charge in [0.1, 0.15) is 11.1 Å². The van der Waals surface area contributed by atoms with Crippen LogP contribution in [0.3, 0.4) is 0 Å². The summed E-state index contributed by atoms with van der Waals surface area (Å²) in [7, 11) is 0. The molecule has 0 bridgehead atoms. The number of nitrogens with zero attached hydrogens (tertiary/aromatic N) is 3. The summed E-state index contributed by atoms with van der Waals surface area (Å²) in [6.45, 7) is 7.43. The SMILES string of the molecule is CC(C)(C)c1ccc(Cn2cc3c(n2)CCc2c-3sc(N)c2C#N)cc1. The minimum atomic E-state index is 0.164. The standard InChI is InChI=1S/C21H22N4S/c1-21(2,3)14-6-4-13(5-7-14)11-25-12-17-18(24-25)9-8-15-16(10-22)20(23)26-19(15)17/h4-7,12H,8-9,11,23H2,1-3H3. The second kappa shape index (κ2) is 6.00. The van der Waals surface area contributed by atoms with Crippen LogP contribution in [0, 0.1) is 11.3 Å². The van der Waals surface area contributed by atoms with Crippen LogP contribution in [0.15, 0.2) is 30.5 Å². The Morgan fingerprint density at radius 1 is 1.23 bits per heavy atom. The van der Waals surface area contributed by atoms with Gasteiger partial charge >= 0.3 is 0 Å². The monoisotopic (exact) mass is 362 g/mol. The van der Waals surface area contributed by atoms with E-state index in [1.165, 1.54) is 22.5 Å². The van der Waals surface area contributed by atoms with Gasteiger partial charge in [0.15, 0.2) is 0 Å². The van der Waals surface area contributed by atoms with Crippen molar-refractivity contribution in [1.29, 1.82) is 5.26 Å². The number of aryl methyl sites for hydroxylation is 1. The molecule has 2 N–H and O–H groups in total. The van der Waals surface area contributed by atoms with Crippen LogP contribution in [0.5, 0.6) is 0 Å². The fourth-order valence-electron chi connectivity index (χ4n) is 3.52. The average molecular weight is 363 g/mol. The minimum absolute atomic E-state index is 0.164. The molecular formula is C21H22N4S. The summed E-state index contributed by atoms with van der Waals surface area (Å²) in [6, 6.07) is 11.0. The summed E-state index contributed by atoms with van der Waals surface area (Å²) in [6.07, 6.45) is 3.81. The first-order valence-corrected chi connectivity index (χ1v) is 9.66. The molecule has 0 fully saturated rings. The molecule has 1 aliphatic rings. The van der Waals surface area contributed by atoms with Crippen molar-refractivity contribution in [1.82, 2.24) is 9.78 Å². The second-order valence-corrected chi connectivity index (χ2v) is 8.95. The Labute approximate surface area is 157 Å². The van der Waals surface area contributed by atoms with Crippen molar-refractivity contribution in [2.45, 2.75) is 45.6 Å². The van der Waals surface area contributed by atoms with Crippen LogP contribution in [0.4, 0.5) is 5.00 Å². The van der Waals surface area contributed by atoms with Crippen molar-refractivity contribution in [2.75, 3.05) is 5.73 Å². The zero-order valence-electron chi connectivity index (χ0n) is 15.3. The lowest BCUT2D eigenvalue weighted by molar-refractivity contribution is 0.589. The van der Waals surface area contributed by atoms with Gasteiger partial charge in [0, 0.05) is 16.6 Å². The highest BCUT2D eigenvalue weighted by atomic mass is 32.1. The minimum Gasteiger partial charge on any atom is -0.389 e. The van der Waals surface area contributed by atoms with Crippen molar-refractivity contribution < 1.29 is 0 Å². The molecule has 0 saturated heterocycles. The number of nitrogens with two attached hydrogens (primary N) is 1. The van der Waals surface area contributed by atoms with E-state index in [1.807, 2.05) is 4.68 Å². The molecule has 4 nitrogen and oxygen atoms in total. The van der Waals surface area contributed by atoms with Crippen molar-refractivity contribution in [2.24, 2.45) is 0 Å². The summed E-state index contributed by atoms with van der Waals surface area (Å²) in [4.78, 5) is 1.12. The highest BCUT2D eigenvalue weighted by Gasteiger charge is 2.26. The molecule has 0 radical (unpaired) electrons. The Morgan fingerprint density at radius 2 is 1.96 bits per heavy atom. The smallest absolute Gasteiger partial charge is 0.105 e. The van der Waals surface area contributed by atoms with Crippen LogP contribution in [-0.4, -0.2) is 9.78 Å². The number of nitriles is 1. The molecule has 4 rings (SSSR count). The van der Waals surface area contributed by atoms with Crippen molar-refractivity contribution in [3.63, 3.8) is 0 Å². The Kier molecular flexibility index (Phi) is 3.89. The van der Waals surface area contributed by atoms with Crippen molar-refractivity contribution >= 4 is 16.3 Å². The van der Waals surface area contributed by atoms with Crippen LogP contribution in [0.1, 0.15) is 48.7 Å². The first-order chi connectivity index (χ1) is 12.4. The van der Waals surface area contributed by atoms with E-state index in [0.717, 1.165) is 41.1 Å². The molecular weight excluding hydrogens is 340 g/mol. The molecule has 1 aliphatic carbocycles. The number of rotatable bonds is 2. The highest BCUT2D eigenvalue weighted by Crippen LogP contribution is 2.43. The Morgan fingerprint density at radius 3 is 2.62 bits per heavy atom. The van der Waals surface area contributed by atoms with Gasteiger partial charge in [0.05, 0.1) is 17.8 Å². The number of aromatic nitrogens is 2. The maximum absolute atomic E-state index is 9.35. The maximum Gasteiger partial charge on any atom is 0.105 e. The van der Waals surface area contributed by atoms with E-state index in [4.69, 9.17) is 10.8 Å². The predicted octanol–water partition coefficient (Wildman–Crippen LogP) is 4.51. The third-order valence-corrected chi connectivity index (χ3v) is 6.10. The fraction of sp³-hybridized carbons (Fsp3) is 0.333. The molecule has 0 spiro atoms. The molecule has 0 unspecified atom stereocenters. The molecule has 5 heteroatoms. The van der Waals surface area contributed by atoms with Crippen LogP contribution in [0.25, 0.3) is 10.4 Å². The molecule has 3 aromatic rings. The number of hydrogen-bond donors (Lipinski definition) is 1. The zero-order chi connectivity index (χ0) is 18.5. The maximum atomic E-state index is 9.35. The fourth-order valence-corrected chi connectivity index (χ4v) is 4.62. The number of fused-ring (bicyclic) bond motifs is 3. The quantitative estimate of drug-likeness (QED) is 0.729. The molecule has 0 saturated carbocycles. The van der Waals surface area contributed by atoms with Gasteiger partial charge in [-0.2, -0.15) is 10.4 Å². The summed E-state index contributed by atoms with van der Waals surface area (Å²) < 4.78 is 2.01. The lowest BCUT2D eigenvalue weighted by Gasteiger charge is -2.19. The van der Waals surface area contributed by atoms with E-state index < -0.39 is 0 Å². The van der Waals surface area contributed by atoms with E-state index in [0.29, 0.717) is 10.6 Å². The summed E-state index contributed by atoms with van der Waals surface area (Å²) in [5.74, 6) is 0. The van der Waals surface area contributed by atoms with Gasteiger partial charge in [-0.15, -0.1) is 11.3 Å². The number of hydrogen-bond acceptors (Lipinski definition) is 4.